The smallest absolute Gasteiger partial charge is 0.145 e. The van der Waals surface area contributed by atoms with Gasteiger partial charge in [-0.2, -0.15) is 0 Å². The van der Waals surface area contributed by atoms with Gasteiger partial charge in [0.2, 0.25) is 0 Å². The number of hydrogen-bond acceptors (Lipinski definition) is 5. The number of anilines is 1. The van der Waals surface area contributed by atoms with Gasteiger partial charge >= 0.3 is 0 Å². The highest BCUT2D eigenvalue weighted by molar-refractivity contribution is 5.95. The SMILES string of the molecule is CCN1CCN(C2CCN(c3cc(C)nc4c(OC)cccc34)C2)CC1. The summed E-state index contributed by atoms with van der Waals surface area (Å²) in [6, 6.07) is 9.15. The molecule has 2 saturated heterocycles. The lowest BCUT2D eigenvalue weighted by molar-refractivity contribution is 0.107. The summed E-state index contributed by atoms with van der Waals surface area (Å²) < 4.78 is 5.54. The first-order valence-corrected chi connectivity index (χ1v) is 9.85. The highest BCUT2D eigenvalue weighted by Gasteiger charge is 2.30. The van der Waals surface area contributed by atoms with Gasteiger partial charge in [0.1, 0.15) is 11.3 Å². The van der Waals surface area contributed by atoms with Crippen LogP contribution in [0.5, 0.6) is 5.75 Å². The third-order valence-electron chi connectivity index (χ3n) is 6.00. The normalized spacial score (nSPS) is 22.3. The molecule has 4 rings (SSSR count). The maximum Gasteiger partial charge on any atom is 0.145 e. The highest BCUT2D eigenvalue weighted by atomic mass is 16.5. The van der Waals surface area contributed by atoms with Gasteiger partial charge in [0.05, 0.1) is 7.11 Å². The molecule has 2 aliphatic heterocycles. The number of aromatic nitrogens is 1. The number of ether oxygens (including phenoxy) is 1. The van der Waals surface area contributed by atoms with Crippen molar-refractivity contribution in [1.29, 1.82) is 0 Å². The Morgan fingerprint density at radius 3 is 2.69 bits per heavy atom. The highest BCUT2D eigenvalue weighted by Crippen LogP contribution is 2.34. The van der Waals surface area contributed by atoms with Crippen molar-refractivity contribution in [2.45, 2.75) is 26.3 Å². The molecule has 5 heteroatoms. The maximum atomic E-state index is 5.54. The second kappa shape index (κ2) is 7.41. The lowest BCUT2D eigenvalue weighted by Crippen LogP contribution is -2.50. The summed E-state index contributed by atoms with van der Waals surface area (Å²) in [5.74, 6) is 0.860. The largest absolute Gasteiger partial charge is 0.494 e. The van der Waals surface area contributed by atoms with Crippen molar-refractivity contribution in [2.24, 2.45) is 0 Å². The maximum absolute atomic E-state index is 5.54. The van der Waals surface area contributed by atoms with Crippen LogP contribution in [0.25, 0.3) is 10.9 Å². The summed E-state index contributed by atoms with van der Waals surface area (Å²) in [6.07, 6.45) is 1.25. The number of rotatable bonds is 4. The summed E-state index contributed by atoms with van der Waals surface area (Å²) in [5, 5.41) is 1.20. The average Bonchev–Trinajstić information content (AvgIpc) is 3.17. The first-order valence-electron chi connectivity index (χ1n) is 9.85. The van der Waals surface area contributed by atoms with Crippen LogP contribution in [0.1, 0.15) is 19.0 Å². The number of benzene rings is 1. The number of para-hydroxylation sites is 1. The monoisotopic (exact) mass is 354 g/mol. The molecule has 5 nitrogen and oxygen atoms in total. The standard InChI is InChI=1S/C21H30N4O/c1-4-23-10-12-24(13-11-23)17-8-9-25(15-17)19-14-16(2)22-21-18(19)6-5-7-20(21)26-3/h5-7,14,17H,4,8-13,15H2,1-3H3. The lowest BCUT2D eigenvalue weighted by Gasteiger charge is -2.37. The van der Waals surface area contributed by atoms with E-state index in [-0.39, 0.29) is 0 Å². The van der Waals surface area contributed by atoms with E-state index in [4.69, 9.17) is 9.72 Å². The van der Waals surface area contributed by atoms with Crippen molar-refractivity contribution < 1.29 is 4.74 Å². The quantitative estimate of drug-likeness (QED) is 0.843. The Kier molecular flexibility index (Phi) is 5.00. The van der Waals surface area contributed by atoms with Crippen molar-refractivity contribution in [3.8, 4) is 5.75 Å². The molecule has 3 heterocycles. The number of nitrogens with zero attached hydrogens (tertiary/aromatic N) is 4. The van der Waals surface area contributed by atoms with Gasteiger partial charge < -0.3 is 14.5 Å². The minimum atomic E-state index is 0.670. The molecular formula is C21H30N4O. The molecule has 140 valence electrons. The van der Waals surface area contributed by atoms with Crippen LogP contribution in [0.4, 0.5) is 5.69 Å². The lowest BCUT2D eigenvalue weighted by atomic mass is 10.1. The fraction of sp³-hybridized carbons (Fsp3) is 0.571. The van der Waals surface area contributed by atoms with E-state index in [0.717, 1.165) is 30.0 Å². The van der Waals surface area contributed by atoms with E-state index >= 15 is 0 Å². The van der Waals surface area contributed by atoms with E-state index in [1.54, 1.807) is 7.11 Å². The molecule has 2 aromatic rings. The van der Waals surface area contributed by atoms with Crippen LogP contribution in [-0.4, -0.2) is 73.7 Å². The van der Waals surface area contributed by atoms with Crippen molar-refractivity contribution in [3.05, 3.63) is 30.0 Å². The number of hydrogen-bond donors (Lipinski definition) is 0. The van der Waals surface area contributed by atoms with Gasteiger partial charge in [-0.05, 0) is 32.0 Å². The Hall–Kier alpha value is -1.85. The summed E-state index contributed by atoms with van der Waals surface area (Å²) in [7, 11) is 1.72. The van der Waals surface area contributed by atoms with Crippen LogP contribution in [-0.2, 0) is 0 Å². The first kappa shape index (κ1) is 17.6. The van der Waals surface area contributed by atoms with E-state index in [1.807, 2.05) is 6.07 Å². The molecule has 0 spiro atoms. The number of fused-ring (bicyclic) bond motifs is 1. The Balaban J connectivity index is 1.56. The fourth-order valence-electron chi connectivity index (χ4n) is 4.46. The second-order valence-corrected chi connectivity index (χ2v) is 7.50. The minimum absolute atomic E-state index is 0.670. The summed E-state index contributed by atoms with van der Waals surface area (Å²) in [6.45, 7) is 12.6. The number of pyridine rings is 1. The van der Waals surface area contributed by atoms with Gasteiger partial charge in [-0.1, -0.05) is 19.1 Å². The van der Waals surface area contributed by atoms with Gasteiger partial charge in [0.15, 0.2) is 0 Å². The predicted molar refractivity (Wildman–Crippen MR) is 107 cm³/mol. The Morgan fingerprint density at radius 1 is 1.15 bits per heavy atom. The third kappa shape index (κ3) is 3.26. The van der Waals surface area contributed by atoms with E-state index in [2.05, 4.69) is 46.7 Å². The van der Waals surface area contributed by atoms with Crippen LogP contribution in [0, 0.1) is 6.92 Å². The fourth-order valence-corrected chi connectivity index (χ4v) is 4.46. The van der Waals surface area contributed by atoms with Crippen molar-refractivity contribution in [2.75, 3.05) is 57.8 Å². The molecule has 2 fully saturated rings. The summed E-state index contributed by atoms with van der Waals surface area (Å²) in [4.78, 5) is 12.5. The molecule has 1 aromatic carbocycles. The van der Waals surface area contributed by atoms with E-state index < -0.39 is 0 Å². The molecular weight excluding hydrogens is 324 g/mol. The van der Waals surface area contributed by atoms with Gasteiger partial charge in [0, 0.05) is 62.1 Å². The minimum Gasteiger partial charge on any atom is -0.494 e. The molecule has 0 saturated carbocycles. The molecule has 2 aliphatic rings. The Morgan fingerprint density at radius 2 is 1.96 bits per heavy atom. The van der Waals surface area contributed by atoms with Crippen molar-refractivity contribution in [1.82, 2.24) is 14.8 Å². The Bertz CT molecular complexity index is 770. The van der Waals surface area contributed by atoms with Crippen LogP contribution < -0.4 is 9.64 Å². The third-order valence-corrected chi connectivity index (χ3v) is 6.00. The van der Waals surface area contributed by atoms with E-state index in [9.17, 15) is 0 Å². The zero-order chi connectivity index (χ0) is 18.1. The molecule has 0 radical (unpaired) electrons. The molecule has 1 aromatic heterocycles. The Labute approximate surface area is 156 Å². The molecule has 26 heavy (non-hydrogen) atoms. The first-order chi connectivity index (χ1) is 12.7. The topological polar surface area (TPSA) is 31.8 Å². The molecule has 0 amide bonds. The number of aryl methyl sites for hydroxylation is 1. The predicted octanol–water partition coefficient (Wildman–Crippen LogP) is 2.77. The average molecular weight is 354 g/mol. The summed E-state index contributed by atoms with van der Waals surface area (Å²) in [5.41, 5.74) is 3.34. The zero-order valence-electron chi connectivity index (χ0n) is 16.2. The molecule has 1 unspecified atom stereocenters. The van der Waals surface area contributed by atoms with E-state index in [1.165, 1.54) is 50.2 Å². The van der Waals surface area contributed by atoms with Crippen molar-refractivity contribution in [3.63, 3.8) is 0 Å². The van der Waals surface area contributed by atoms with Crippen LogP contribution in [0.3, 0.4) is 0 Å². The van der Waals surface area contributed by atoms with Crippen molar-refractivity contribution >= 4 is 16.6 Å². The number of piperazine rings is 1. The van der Waals surface area contributed by atoms with E-state index in [0.29, 0.717) is 6.04 Å². The zero-order valence-corrected chi connectivity index (χ0v) is 16.2. The number of methoxy groups -OCH3 is 1. The van der Waals surface area contributed by atoms with Crippen LogP contribution in [0.15, 0.2) is 24.3 Å². The van der Waals surface area contributed by atoms with Crippen LogP contribution in [0.2, 0.25) is 0 Å². The summed E-state index contributed by atoms with van der Waals surface area (Å²) >= 11 is 0. The second-order valence-electron chi connectivity index (χ2n) is 7.50. The molecule has 0 aliphatic carbocycles. The number of likely N-dealkylation sites (N-methyl/N-ethyl adjacent to an activating group) is 1. The molecule has 1 atom stereocenters. The van der Waals surface area contributed by atoms with Gasteiger partial charge in [-0.3, -0.25) is 4.90 Å². The van der Waals surface area contributed by atoms with Gasteiger partial charge in [0.25, 0.3) is 0 Å². The van der Waals surface area contributed by atoms with Gasteiger partial charge in [-0.15, -0.1) is 0 Å². The van der Waals surface area contributed by atoms with Gasteiger partial charge in [-0.25, -0.2) is 4.98 Å². The molecule has 0 bridgehead atoms. The molecule has 0 N–H and O–H groups in total. The van der Waals surface area contributed by atoms with Crippen LogP contribution >= 0.6 is 0 Å².